The quantitative estimate of drug-likeness (QED) is 0.0769. The van der Waals surface area contributed by atoms with Crippen LogP contribution in [0.3, 0.4) is 0 Å². The first kappa shape index (κ1) is 44.8. The number of hydrogen-bond acceptors (Lipinski definition) is 9. The van der Waals surface area contributed by atoms with E-state index in [2.05, 4.69) is 41.7 Å². The largest absolute Gasteiger partial charge is 0.379 e. The zero-order valence-electron chi connectivity index (χ0n) is 33.4. The number of amides is 3. The lowest BCUT2D eigenvalue weighted by molar-refractivity contribution is -0.125. The minimum atomic E-state index is -4.27. The first-order chi connectivity index (χ1) is 27.4. The summed E-state index contributed by atoms with van der Waals surface area (Å²) >= 11 is 0. The summed E-state index contributed by atoms with van der Waals surface area (Å²) in [6, 6.07) is 21.1. The second-order valence-corrected chi connectivity index (χ2v) is 15.7. The van der Waals surface area contributed by atoms with Crippen molar-refractivity contribution in [2.75, 3.05) is 44.4 Å². The molecule has 14 nitrogen and oxygen atoms in total. The van der Waals surface area contributed by atoms with Gasteiger partial charge in [0.15, 0.2) is 0 Å². The number of hydrogen-bond donors (Lipinski definition) is 3. The highest BCUT2D eigenvalue weighted by molar-refractivity contribution is 7.85. The van der Waals surface area contributed by atoms with E-state index < -0.39 is 10.1 Å². The minimum absolute atomic E-state index is 0.0274. The van der Waals surface area contributed by atoms with Crippen molar-refractivity contribution in [3.63, 3.8) is 0 Å². The highest BCUT2D eigenvalue weighted by atomic mass is 32.2. The van der Waals surface area contributed by atoms with Crippen LogP contribution in [0.25, 0.3) is 22.5 Å². The molecule has 0 radical (unpaired) electrons. The normalized spacial score (nSPS) is 12.0. The van der Waals surface area contributed by atoms with Crippen molar-refractivity contribution in [3.8, 4) is 22.5 Å². The predicted molar refractivity (Wildman–Crippen MR) is 219 cm³/mol. The van der Waals surface area contributed by atoms with Gasteiger partial charge in [-0.1, -0.05) is 87.5 Å². The Hall–Kier alpha value is -4.96. The summed E-state index contributed by atoms with van der Waals surface area (Å²) in [6.07, 6.45) is 2.24. The average molecular weight is 805 g/mol. The number of nitrogens with one attached hydrogen (secondary N) is 2. The van der Waals surface area contributed by atoms with Crippen LogP contribution >= 0.6 is 0 Å². The Balaban J connectivity index is 0.00000172. The number of aromatic nitrogens is 3. The number of fused-ring (bicyclic) bond motifs is 5. The van der Waals surface area contributed by atoms with Crippen LogP contribution in [0.4, 0.5) is 5.69 Å². The molecule has 3 amide bonds. The Labute approximate surface area is 336 Å². The zero-order valence-corrected chi connectivity index (χ0v) is 34.2. The number of benzene rings is 3. The van der Waals surface area contributed by atoms with Gasteiger partial charge in [-0.05, 0) is 54.5 Å². The van der Waals surface area contributed by atoms with Crippen LogP contribution in [0.1, 0.15) is 70.9 Å². The molecule has 4 aromatic rings. The third-order valence-corrected chi connectivity index (χ3v) is 9.54. The van der Waals surface area contributed by atoms with E-state index in [4.69, 9.17) is 14.0 Å². The Bertz CT molecular complexity index is 2010. The van der Waals surface area contributed by atoms with Crippen molar-refractivity contribution < 1.29 is 36.8 Å². The molecular formula is C42H56N6O8S. The first-order valence-electron chi connectivity index (χ1n) is 19.6. The highest BCUT2D eigenvalue weighted by Gasteiger charge is 2.29. The van der Waals surface area contributed by atoms with Gasteiger partial charge in [0.1, 0.15) is 5.69 Å². The van der Waals surface area contributed by atoms with Gasteiger partial charge in [0.2, 0.25) is 17.7 Å². The highest BCUT2D eigenvalue weighted by Crippen LogP contribution is 2.41. The number of rotatable bonds is 19. The molecule has 5 rings (SSSR count). The number of carbonyl (C=O) groups excluding carboxylic acids is 3. The fourth-order valence-electron chi connectivity index (χ4n) is 6.00. The summed E-state index contributed by atoms with van der Waals surface area (Å²) in [5.41, 5.74) is 5.45. The topological polar surface area (TPSA) is 182 Å². The summed E-state index contributed by atoms with van der Waals surface area (Å²) in [4.78, 5) is 40.4. The standard InChI is InChI=1S/C38H46N6O8S.C4H10/c1-2-23-51-25-26-52-24-21-40-35(46)18-19-36(47)43-27-29-8-3-4-9-31(29)38-37(32-10-5-6-11-33(32)43)41-42-44(38)22-7-20-39-34(45)17-14-28-12-15-30(16-13-28)53(48,49)50;1-4(2)3/h3-6,8-13,15-16H,2,7,14,17-27H2,1H3,(H,39,45)(H,40,46)(H,48,49,50);4H,1-3H3. The SMILES string of the molecule is CC(C)C.CCCOCCOCCNC(=O)CCC(=O)N1Cc2ccccc2-c2c(nnn2CCCNC(=O)CCc2ccc(S(=O)(=O)O)cc2)-c2ccccc21. The van der Waals surface area contributed by atoms with E-state index in [-0.39, 0.29) is 41.9 Å². The number of ether oxygens (including phenoxy) is 2. The minimum Gasteiger partial charge on any atom is -0.379 e. The third-order valence-electron chi connectivity index (χ3n) is 8.67. The van der Waals surface area contributed by atoms with Gasteiger partial charge in [0.05, 0.1) is 42.6 Å². The maximum atomic E-state index is 13.8. The van der Waals surface area contributed by atoms with Crippen molar-refractivity contribution in [1.29, 1.82) is 0 Å². The Morgan fingerprint density at radius 1 is 0.807 bits per heavy atom. The molecule has 0 atom stereocenters. The van der Waals surface area contributed by atoms with Crippen LogP contribution in [-0.2, 0) is 53.5 Å². The maximum Gasteiger partial charge on any atom is 0.294 e. The van der Waals surface area contributed by atoms with E-state index in [1.165, 1.54) is 12.1 Å². The lowest BCUT2D eigenvalue weighted by Crippen LogP contribution is -2.34. The summed E-state index contributed by atoms with van der Waals surface area (Å²) in [7, 11) is -4.27. The lowest BCUT2D eigenvalue weighted by atomic mass is 9.95. The molecule has 308 valence electrons. The molecule has 1 aliphatic heterocycles. The van der Waals surface area contributed by atoms with E-state index in [1.54, 1.807) is 17.0 Å². The molecule has 0 fully saturated rings. The van der Waals surface area contributed by atoms with Gasteiger partial charge in [0, 0.05) is 56.6 Å². The zero-order chi connectivity index (χ0) is 41.2. The second-order valence-electron chi connectivity index (χ2n) is 14.3. The molecule has 0 unspecified atom stereocenters. The van der Waals surface area contributed by atoms with Crippen LogP contribution in [0, 0.1) is 5.92 Å². The molecule has 2 heterocycles. The van der Waals surface area contributed by atoms with Crippen molar-refractivity contribution in [1.82, 2.24) is 25.6 Å². The third kappa shape index (κ3) is 14.2. The molecule has 1 aliphatic rings. The predicted octanol–water partition coefficient (Wildman–Crippen LogP) is 5.85. The summed E-state index contributed by atoms with van der Waals surface area (Å²) in [5, 5.41) is 14.8. The molecule has 0 aliphatic carbocycles. The van der Waals surface area contributed by atoms with E-state index in [1.807, 2.05) is 60.1 Å². The van der Waals surface area contributed by atoms with Gasteiger partial charge in [0.25, 0.3) is 10.1 Å². The van der Waals surface area contributed by atoms with Crippen LogP contribution in [0.15, 0.2) is 77.7 Å². The molecule has 1 aromatic heterocycles. The van der Waals surface area contributed by atoms with Gasteiger partial charge in [-0.15, -0.1) is 5.10 Å². The van der Waals surface area contributed by atoms with Crippen molar-refractivity contribution >= 4 is 33.5 Å². The number of aryl methyl sites for hydroxylation is 2. The number of nitrogens with zero attached hydrogens (tertiary/aromatic N) is 4. The van der Waals surface area contributed by atoms with Gasteiger partial charge in [-0.25, -0.2) is 4.68 Å². The molecule has 57 heavy (non-hydrogen) atoms. The van der Waals surface area contributed by atoms with E-state index >= 15 is 0 Å². The summed E-state index contributed by atoms with van der Waals surface area (Å²) in [6.45, 7) is 12.1. The molecule has 3 aromatic carbocycles. The van der Waals surface area contributed by atoms with E-state index in [9.17, 15) is 22.8 Å². The Morgan fingerprint density at radius 3 is 2.14 bits per heavy atom. The van der Waals surface area contributed by atoms with Crippen molar-refractivity contribution in [2.24, 2.45) is 5.92 Å². The van der Waals surface area contributed by atoms with Crippen LogP contribution in [-0.4, -0.2) is 85.2 Å². The summed E-state index contributed by atoms with van der Waals surface area (Å²) < 4.78 is 44.4. The van der Waals surface area contributed by atoms with E-state index in [0.29, 0.717) is 76.8 Å². The number of carbonyl (C=O) groups is 3. The molecule has 15 heteroatoms. The van der Waals surface area contributed by atoms with Gasteiger partial charge in [-0.2, -0.15) is 8.42 Å². The van der Waals surface area contributed by atoms with Gasteiger partial charge in [-0.3, -0.25) is 18.9 Å². The lowest BCUT2D eigenvalue weighted by Gasteiger charge is -2.28. The van der Waals surface area contributed by atoms with Gasteiger partial charge < -0.3 is 25.0 Å². The molecule has 0 saturated carbocycles. The van der Waals surface area contributed by atoms with Crippen LogP contribution in [0.5, 0.6) is 0 Å². The number of anilines is 1. The second kappa shape index (κ2) is 22.7. The Morgan fingerprint density at radius 2 is 1.44 bits per heavy atom. The number of para-hydroxylation sites is 1. The molecule has 0 saturated heterocycles. The van der Waals surface area contributed by atoms with E-state index in [0.717, 1.165) is 40.3 Å². The van der Waals surface area contributed by atoms with Crippen LogP contribution < -0.4 is 15.5 Å². The molecule has 3 N–H and O–H groups in total. The van der Waals surface area contributed by atoms with Gasteiger partial charge >= 0.3 is 0 Å². The monoisotopic (exact) mass is 804 g/mol. The smallest absolute Gasteiger partial charge is 0.294 e. The maximum absolute atomic E-state index is 13.8. The molecule has 0 spiro atoms. The van der Waals surface area contributed by atoms with Crippen molar-refractivity contribution in [3.05, 3.63) is 83.9 Å². The average Bonchev–Trinajstić information content (AvgIpc) is 3.60. The molecular weight excluding hydrogens is 749 g/mol. The fraction of sp³-hybridized carbons (Fsp3) is 0.452. The Kier molecular flexibility index (Phi) is 17.8. The van der Waals surface area contributed by atoms with Crippen molar-refractivity contribution in [2.45, 2.75) is 84.2 Å². The van der Waals surface area contributed by atoms with Crippen LogP contribution in [0.2, 0.25) is 0 Å². The first-order valence-corrected chi connectivity index (χ1v) is 21.0. The fourth-order valence-corrected chi connectivity index (χ4v) is 6.48. The molecule has 0 bridgehead atoms. The summed E-state index contributed by atoms with van der Waals surface area (Å²) in [5.74, 6) is 0.282.